The van der Waals surface area contributed by atoms with Gasteiger partial charge in [0.1, 0.15) is 24.4 Å². The van der Waals surface area contributed by atoms with Gasteiger partial charge < -0.3 is 35.2 Å². The molecule has 5 N–H and O–H groups in total. The van der Waals surface area contributed by atoms with Crippen LogP contribution in [0, 0.1) is 0 Å². The maximum absolute atomic E-state index is 13.6. The van der Waals surface area contributed by atoms with Crippen molar-refractivity contribution in [2.24, 2.45) is 0 Å². The molecule has 3 rings (SSSR count). The van der Waals surface area contributed by atoms with Gasteiger partial charge in [0.2, 0.25) is 0 Å². The van der Waals surface area contributed by atoms with Crippen LogP contribution in [-0.4, -0.2) is 75.2 Å². The summed E-state index contributed by atoms with van der Waals surface area (Å²) in [5.41, 5.74) is 1.25. The molecule has 9 nitrogen and oxygen atoms in total. The minimum absolute atomic E-state index is 0.107. The lowest BCUT2D eigenvalue weighted by molar-refractivity contribution is -0.0981. The number of alkyl halides is 1. The molecule has 3 aromatic rings. The van der Waals surface area contributed by atoms with Crippen molar-refractivity contribution in [3.8, 4) is 11.5 Å². The van der Waals surface area contributed by atoms with Gasteiger partial charge in [-0.1, -0.05) is 12.1 Å². The number of anilines is 2. The Morgan fingerprint density at radius 1 is 1.06 bits per heavy atom. The lowest BCUT2D eigenvalue weighted by atomic mass is 10.0. The molecule has 32 heavy (non-hydrogen) atoms. The minimum Gasteiger partial charge on any atom is -0.493 e. The number of halogens is 2. The number of nitrogens with one attached hydrogen (secondary N) is 1. The molecule has 0 radical (unpaired) electrons. The van der Waals surface area contributed by atoms with Gasteiger partial charge in [0, 0.05) is 15.9 Å². The maximum atomic E-state index is 13.6. The van der Waals surface area contributed by atoms with Crippen LogP contribution in [-0.2, 0) is 0 Å². The van der Waals surface area contributed by atoms with E-state index < -0.39 is 37.7 Å². The Balaban J connectivity index is 1.94. The van der Waals surface area contributed by atoms with Crippen LogP contribution < -0.4 is 14.8 Å². The van der Waals surface area contributed by atoms with Gasteiger partial charge in [-0.05, 0) is 34.1 Å². The van der Waals surface area contributed by atoms with Crippen molar-refractivity contribution >= 4 is 38.3 Å². The number of aliphatic hydroxyl groups excluding tert-OH is 4. The largest absolute Gasteiger partial charge is 0.493 e. The average molecular weight is 512 g/mol. The Labute approximate surface area is 191 Å². The molecule has 4 atom stereocenters. The lowest BCUT2D eigenvalue weighted by Crippen LogP contribution is -2.48. The molecule has 1 heterocycles. The smallest absolute Gasteiger partial charge is 0.164 e. The van der Waals surface area contributed by atoms with Crippen LogP contribution in [0.15, 0.2) is 47.2 Å². The van der Waals surface area contributed by atoms with Crippen LogP contribution in [0.25, 0.3) is 10.9 Å². The molecule has 172 valence electrons. The lowest BCUT2D eigenvalue weighted by Gasteiger charge is -2.28. The fourth-order valence-corrected chi connectivity index (χ4v) is 3.41. The number of hydrogen-bond donors (Lipinski definition) is 5. The summed E-state index contributed by atoms with van der Waals surface area (Å²) in [5, 5.41) is 42.3. The first-order chi connectivity index (χ1) is 15.4. The molecule has 0 spiro atoms. The minimum atomic E-state index is -2.10. The van der Waals surface area contributed by atoms with Crippen LogP contribution in [0.1, 0.15) is 0 Å². The molecule has 1 aromatic heterocycles. The van der Waals surface area contributed by atoms with E-state index in [1.807, 2.05) is 24.3 Å². The molecular formula is C21H23BrFN3O6. The van der Waals surface area contributed by atoms with E-state index in [9.17, 15) is 19.7 Å². The van der Waals surface area contributed by atoms with Gasteiger partial charge in [-0.15, -0.1) is 0 Å². The molecule has 0 saturated carbocycles. The van der Waals surface area contributed by atoms with Crippen molar-refractivity contribution in [1.29, 1.82) is 0 Å². The molecule has 0 amide bonds. The number of fused-ring (bicyclic) bond motifs is 1. The Morgan fingerprint density at radius 2 is 1.81 bits per heavy atom. The van der Waals surface area contributed by atoms with E-state index in [1.165, 1.54) is 19.5 Å². The van der Waals surface area contributed by atoms with Gasteiger partial charge in [0.25, 0.3) is 0 Å². The van der Waals surface area contributed by atoms with Crippen LogP contribution in [0.3, 0.4) is 0 Å². The highest BCUT2D eigenvalue weighted by atomic mass is 79.9. The van der Waals surface area contributed by atoms with E-state index in [-0.39, 0.29) is 11.5 Å². The zero-order valence-corrected chi connectivity index (χ0v) is 18.6. The number of para-hydroxylation sites is 1. The summed E-state index contributed by atoms with van der Waals surface area (Å²) in [6.45, 7) is -1.71. The number of methoxy groups -OCH3 is 1. The Kier molecular flexibility index (Phi) is 8.15. The average Bonchev–Trinajstić information content (AvgIpc) is 2.82. The summed E-state index contributed by atoms with van der Waals surface area (Å²) in [6, 6.07) is 10.6. The number of aliphatic hydroxyl groups is 4. The van der Waals surface area contributed by atoms with E-state index in [0.717, 1.165) is 10.2 Å². The molecule has 0 aliphatic heterocycles. The van der Waals surface area contributed by atoms with E-state index >= 15 is 0 Å². The van der Waals surface area contributed by atoms with Crippen LogP contribution in [0.5, 0.6) is 11.5 Å². The highest BCUT2D eigenvalue weighted by Gasteiger charge is 2.34. The highest BCUT2D eigenvalue weighted by molar-refractivity contribution is 9.10. The Hall–Kier alpha value is -2.57. The Bertz CT molecular complexity index is 1060. The zero-order chi connectivity index (χ0) is 23.3. The standard InChI is InChI=1S/C21H23BrFN3O6/c1-31-16-6-11-15(24-10-25-21(11)26-14-5-3-2-4-12(14)22)7-17(16)32-18(9-28)20(30)19(29)13(23)8-27/h2-7,10,13,18-20,27-30H,8-9H2,1H3,(H,24,25,26)/t13-,18-,19+,20+/m1/s1. The van der Waals surface area contributed by atoms with Crippen LogP contribution in [0.2, 0.25) is 0 Å². The second-order valence-corrected chi connectivity index (χ2v) is 7.72. The van der Waals surface area contributed by atoms with Gasteiger partial charge in [-0.25, -0.2) is 14.4 Å². The second kappa shape index (κ2) is 10.8. The first-order valence-corrected chi connectivity index (χ1v) is 10.4. The molecule has 0 saturated heterocycles. The number of nitrogens with zero attached hydrogens (tertiary/aromatic N) is 2. The monoisotopic (exact) mass is 511 g/mol. The number of rotatable bonds is 10. The van der Waals surface area contributed by atoms with Crippen molar-refractivity contribution in [3.63, 3.8) is 0 Å². The number of hydrogen-bond acceptors (Lipinski definition) is 9. The number of ether oxygens (including phenoxy) is 2. The molecule has 2 aromatic carbocycles. The van der Waals surface area contributed by atoms with Crippen molar-refractivity contribution in [3.05, 3.63) is 47.2 Å². The van der Waals surface area contributed by atoms with Gasteiger partial charge in [0.15, 0.2) is 23.8 Å². The van der Waals surface area contributed by atoms with E-state index in [4.69, 9.17) is 14.6 Å². The molecule has 0 bridgehead atoms. The van der Waals surface area contributed by atoms with Gasteiger partial charge in [-0.2, -0.15) is 0 Å². The van der Waals surface area contributed by atoms with E-state index in [1.54, 1.807) is 6.07 Å². The van der Waals surface area contributed by atoms with Crippen LogP contribution >= 0.6 is 15.9 Å². The predicted octanol–water partition coefficient (Wildman–Crippen LogP) is 1.94. The normalized spacial score (nSPS) is 15.1. The summed E-state index contributed by atoms with van der Waals surface area (Å²) in [5.74, 6) is 0.848. The summed E-state index contributed by atoms with van der Waals surface area (Å²) in [6.07, 6.45) is -5.89. The molecule has 0 fully saturated rings. The number of benzene rings is 2. The number of aromatic nitrogens is 2. The maximum Gasteiger partial charge on any atom is 0.164 e. The third kappa shape index (κ3) is 5.25. The molecule has 0 unspecified atom stereocenters. The van der Waals surface area contributed by atoms with Crippen molar-refractivity contribution < 1.29 is 34.3 Å². The molecule has 11 heteroatoms. The third-order valence-electron chi connectivity index (χ3n) is 4.78. The van der Waals surface area contributed by atoms with Crippen LogP contribution in [0.4, 0.5) is 15.9 Å². The topological polar surface area (TPSA) is 137 Å². The third-order valence-corrected chi connectivity index (χ3v) is 5.47. The second-order valence-electron chi connectivity index (χ2n) is 6.87. The Morgan fingerprint density at radius 3 is 2.47 bits per heavy atom. The molecule has 0 aliphatic carbocycles. The summed E-state index contributed by atoms with van der Waals surface area (Å²) in [4.78, 5) is 8.52. The molecular weight excluding hydrogens is 489 g/mol. The molecule has 0 aliphatic rings. The van der Waals surface area contributed by atoms with Crippen molar-refractivity contribution in [2.75, 3.05) is 25.6 Å². The first kappa shape index (κ1) is 24.1. The zero-order valence-electron chi connectivity index (χ0n) is 17.0. The van der Waals surface area contributed by atoms with E-state index in [2.05, 4.69) is 31.2 Å². The summed E-state index contributed by atoms with van der Waals surface area (Å²) < 4.78 is 25.4. The van der Waals surface area contributed by atoms with Gasteiger partial charge >= 0.3 is 0 Å². The van der Waals surface area contributed by atoms with E-state index in [0.29, 0.717) is 16.7 Å². The first-order valence-electron chi connectivity index (χ1n) is 9.62. The summed E-state index contributed by atoms with van der Waals surface area (Å²) >= 11 is 3.47. The van der Waals surface area contributed by atoms with Gasteiger partial charge in [0.05, 0.1) is 31.5 Å². The van der Waals surface area contributed by atoms with Crippen molar-refractivity contribution in [2.45, 2.75) is 24.5 Å². The predicted molar refractivity (Wildman–Crippen MR) is 119 cm³/mol. The fourth-order valence-electron chi connectivity index (χ4n) is 3.03. The SMILES string of the molecule is COc1cc2c(Nc3ccccc3Br)ncnc2cc1O[C@H](CO)[C@H](O)[C@@H](O)[C@H](F)CO. The van der Waals surface area contributed by atoms with Crippen molar-refractivity contribution in [1.82, 2.24) is 9.97 Å². The van der Waals surface area contributed by atoms with Gasteiger partial charge in [-0.3, -0.25) is 0 Å². The fraction of sp³-hybridized carbons (Fsp3) is 0.333. The highest BCUT2D eigenvalue weighted by Crippen LogP contribution is 2.36. The quantitative estimate of drug-likeness (QED) is 0.276. The summed E-state index contributed by atoms with van der Waals surface area (Å²) in [7, 11) is 1.40.